The average Bonchev–Trinajstić information content (AvgIpc) is 2.87. The highest BCUT2D eigenvalue weighted by molar-refractivity contribution is 9.13. The van der Waals surface area contributed by atoms with E-state index < -0.39 is 0 Å². The predicted molar refractivity (Wildman–Crippen MR) is 91.6 cm³/mol. The summed E-state index contributed by atoms with van der Waals surface area (Å²) < 4.78 is 14.5. The molecule has 0 atom stereocenters. The third kappa shape index (κ3) is 3.81. The molecule has 0 radical (unpaired) electrons. The van der Waals surface area contributed by atoms with Crippen LogP contribution in [0.4, 0.5) is 4.39 Å². The van der Waals surface area contributed by atoms with Crippen LogP contribution in [0, 0.1) is 5.82 Å². The van der Waals surface area contributed by atoms with Crippen LogP contribution in [0.2, 0.25) is 0 Å². The Morgan fingerprint density at radius 1 is 1.26 bits per heavy atom. The van der Waals surface area contributed by atoms with E-state index in [0.29, 0.717) is 34.4 Å². The second-order valence-electron chi connectivity index (χ2n) is 5.40. The van der Waals surface area contributed by atoms with Gasteiger partial charge in [0.25, 0.3) is 5.91 Å². The molecule has 1 fully saturated rings. The Kier molecular flexibility index (Phi) is 5.13. The van der Waals surface area contributed by atoms with Crippen LogP contribution in [-0.4, -0.2) is 52.1 Å². The Balaban J connectivity index is 1.58. The zero-order valence-electron chi connectivity index (χ0n) is 12.2. The van der Waals surface area contributed by atoms with Gasteiger partial charge in [-0.05, 0) is 49.6 Å². The van der Waals surface area contributed by atoms with Crippen LogP contribution < -0.4 is 0 Å². The van der Waals surface area contributed by atoms with Crippen LogP contribution in [0.25, 0.3) is 0 Å². The zero-order chi connectivity index (χ0) is 16.4. The minimum Gasteiger partial charge on any atom is -0.335 e. The van der Waals surface area contributed by atoms with Gasteiger partial charge in [0.15, 0.2) is 5.69 Å². The van der Waals surface area contributed by atoms with E-state index in [0.717, 1.165) is 18.7 Å². The molecule has 23 heavy (non-hydrogen) atoms. The molecule has 1 amide bonds. The van der Waals surface area contributed by atoms with Gasteiger partial charge in [-0.25, -0.2) is 4.39 Å². The lowest BCUT2D eigenvalue weighted by molar-refractivity contribution is 0.0621. The molecule has 1 aromatic heterocycles. The molecule has 2 heterocycles. The van der Waals surface area contributed by atoms with Crippen molar-refractivity contribution in [1.82, 2.24) is 20.0 Å². The van der Waals surface area contributed by atoms with E-state index in [4.69, 9.17) is 0 Å². The molecular formula is C15H15Br2FN4O. The monoisotopic (exact) mass is 444 g/mol. The van der Waals surface area contributed by atoms with Gasteiger partial charge in [0.2, 0.25) is 0 Å². The molecule has 1 aromatic carbocycles. The fourth-order valence-corrected chi connectivity index (χ4v) is 3.22. The molecule has 1 N–H and O–H groups in total. The van der Waals surface area contributed by atoms with Crippen molar-refractivity contribution in [2.75, 3.05) is 26.2 Å². The molecule has 8 heteroatoms. The largest absolute Gasteiger partial charge is 0.335 e. The Labute approximate surface area is 150 Å². The van der Waals surface area contributed by atoms with Crippen molar-refractivity contribution in [3.05, 3.63) is 50.4 Å². The van der Waals surface area contributed by atoms with Gasteiger partial charge in [-0.1, -0.05) is 12.1 Å². The van der Waals surface area contributed by atoms with E-state index in [9.17, 15) is 9.18 Å². The molecule has 3 rings (SSSR count). The van der Waals surface area contributed by atoms with Crippen molar-refractivity contribution in [3.63, 3.8) is 0 Å². The number of H-pyrrole nitrogens is 1. The Hall–Kier alpha value is -1.25. The lowest BCUT2D eigenvalue weighted by atomic mass is 10.2. The van der Waals surface area contributed by atoms with Crippen LogP contribution in [-0.2, 0) is 6.54 Å². The molecular weight excluding hydrogens is 431 g/mol. The van der Waals surface area contributed by atoms with Crippen LogP contribution in [0.5, 0.6) is 0 Å². The summed E-state index contributed by atoms with van der Waals surface area (Å²) >= 11 is 6.63. The highest BCUT2D eigenvalue weighted by Crippen LogP contribution is 2.25. The first kappa shape index (κ1) is 16.6. The maximum Gasteiger partial charge on any atom is 0.275 e. The lowest BCUT2D eigenvalue weighted by Gasteiger charge is -2.34. The molecule has 122 valence electrons. The normalized spacial score (nSPS) is 15.9. The summed E-state index contributed by atoms with van der Waals surface area (Å²) in [4.78, 5) is 16.5. The number of hydrogen-bond donors (Lipinski definition) is 1. The first-order valence-electron chi connectivity index (χ1n) is 7.20. The van der Waals surface area contributed by atoms with Gasteiger partial charge in [0.1, 0.15) is 10.4 Å². The number of hydrogen-bond acceptors (Lipinski definition) is 3. The van der Waals surface area contributed by atoms with Crippen LogP contribution in [0.3, 0.4) is 0 Å². The van der Waals surface area contributed by atoms with Crippen molar-refractivity contribution in [2.45, 2.75) is 6.54 Å². The molecule has 0 saturated carbocycles. The maximum atomic E-state index is 13.2. The number of aromatic amines is 1. The van der Waals surface area contributed by atoms with E-state index in [1.165, 1.54) is 6.07 Å². The highest BCUT2D eigenvalue weighted by Gasteiger charge is 2.26. The van der Waals surface area contributed by atoms with Crippen LogP contribution in [0.15, 0.2) is 33.3 Å². The van der Waals surface area contributed by atoms with E-state index >= 15 is 0 Å². The third-order valence-electron chi connectivity index (χ3n) is 3.82. The second kappa shape index (κ2) is 7.11. The molecule has 1 aliphatic rings. The van der Waals surface area contributed by atoms with Gasteiger partial charge in [-0.15, -0.1) is 0 Å². The van der Waals surface area contributed by atoms with Crippen molar-refractivity contribution in [3.8, 4) is 0 Å². The first-order chi connectivity index (χ1) is 11.0. The standard InChI is InChI=1S/C15H15Br2FN4O/c16-12-13(19-20-14(12)17)15(23)22-6-4-21(5-7-22)9-10-2-1-3-11(18)8-10/h1-3,8H,4-7,9H2,(H,19,20). The Morgan fingerprint density at radius 2 is 2.00 bits per heavy atom. The molecule has 0 aliphatic carbocycles. The van der Waals surface area contributed by atoms with Gasteiger partial charge in [0, 0.05) is 32.7 Å². The second-order valence-corrected chi connectivity index (χ2v) is 6.98. The number of carbonyl (C=O) groups is 1. The summed E-state index contributed by atoms with van der Waals surface area (Å²) in [7, 11) is 0. The minimum absolute atomic E-state index is 0.0933. The SMILES string of the molecule is O=C(c1n[nH]c(Br)c1Br)N1CCN(Cc2cccc(F)c2)CC1. The van der Waals surface area contributed by atoms with E-state index in [1.807, 2.05) is 6.07 Å². The summed E-state index contributed by atoms with van der Waals surface area (Å²) in [6.07, 6.45) is 0. The number of nitrogens with one attached hydrogen (secondary N) is 1. The highest BCUT2D eigenvalue weighted by atomic mass is 79.9. The van der Waals surface area contributed by atoms with Crippen molar-refractivity contribution < 1.29 is 9.18 Å². The molecule has 0 bridgehead atoms. The number of carbonyl (C=O) groups excluding carboxylic acids is 1. The van der Waals surface area contributed by atoms with Gasteiger partial charge >= 0.3 is 0 Å². The van der Waals surface area contributed by atoms with Crippen LogP contribution >= 0.6 is 31.9 Å². The lowest BCUT2D eigenvalue weighted by Crippen LogP contribution is -2.48. The van der Waals surface area contributed by atoms with E-state index in [-0.39, 0.29) is 11.7 Å². The third-order valence-corrected chi connectivity index (χ3v) is 5.70. The first-order valence-corrected chi connectivity index (χ1v) is 8.78. The zero-order valence-corrected chi connectivity index (χ0v) is 15.4. The average molecular weight is 446 g/mol. The van der Waals surface area contributed by atoms with Crippen LogP contribution in [0.1, 0.15) is 16.1 Å². The summed E-state index contributed by atoms with van der Waals surface area (Å²) in [6, 6.07) is 6.63. The van der Waals surface area contributed by atoms with Gasteiger partial charge in [0.05, 0.1) is 4.47 Å². The molecule has 2 aromatic rings. The number of rotatable bonds is 3. The maximum absolute atomic E-state index is 13.2. The predicted octanol–water partition coefficient (Wildman–Crippen LogP) is 3.03. The van der Waals surface area contributed by atoms with Gasteiger partial charge in [-0.2, -0.15) is 5.10 Å². The molecule has 0 spiro atoms. The fourth-order valence-electron chi connectivity index (χ4n) is 2.60. The van der Waals surface area contributed by atoms with Gasteiger partial charge < -0.3 is 4.90 Å². The van der Waals surface area contributed by atoms with Crippen molar-refractivity contribution in [1.29, 1.82) is 0 Å². The number of piperazine rings is 1. The van der Waals surface area contributed by atoms with Crippen molar-refractivity contribution in [2.24, 2.45) is 0 Å². The topological polar surface area (TPSA) is 52.2 Å². The van der Waals surface area contributed by atoms with Crippen molar-refractivity contribution >= 4 is 37.8 Å². The number of benzene rings is 1. The van der Waals surface area contributed by atoms with E-state index in [1.54, 1.807) is 17.0 Å². The van der Waals surface area contributed by atoms with Gasteiger partial charge in [-0.3, -0.25) is 14.8 Å². The summed E-state index contributed by atoms with van der Waals surface area (Å²) in [5.41, 5.74) is 1.33. The molecule has 1 saturated heterocycles. The summed E-state index contributed by atoms with van der Waals surface area (Å²) in [5.74, 6) is -0.311. The Morgan fingerprint density at radius 3 is 2.61 bits per heavy atom. The summed E-state index contributed by atoms with van der Waals surface area (Å²) in [6.45, 7) is 3.46. The number of nitrogens with zero attached hydrogens (tertiary/aromatic N) is 3. The molecule has 5 nitrogen and oxygen atoms in total. The number of aromatic nitrogens is 2. The number of amides is 1. The smallest absolute Gasteiger partial charge is 0.275 e. The Bertz CT molecular complexity index is 713. The minimum atomic E-state index is -0.217. The molecule has 1 aliphatic heterocycles. The fraction of sp³-hybridized carbons (Fsp3) is 0.333. The molecule has 0 unspecified atom stereocenters. The van der Waals surface area contributed by atoms with E-state index in [2.05, 4.69) is 47.0 Å². The summed E-state index contributed by atoms with van der Waals surface area (Å²) in [5, 5.41) is 6.75. The number of halogens is 3. The quantitative estimate of drug-likeness (QED) is 0.789.